The number of esters is 2. The Hall–Kier alpha value is -4.34. The first-order chi connectivity index (χ1) is 19.2. The quantitative estimate of drug-likeness (QED) is 0.412. The van der Waals surface area contributed by atoms with Gasteiger partial charge in [-0.15, -0.1) is 0 Å². The van der Waals surface area contributed by atoms with E-state index < -0.39 is 29.9 Å². The number of Topliss-reactive ketones (excluding diaryl/α,β-unsaturated/α-hetero) is 1. The molecule has 3 N–H and O–H groups in total. The van der Waals surface area contributed by atoms with Crippen LogP contribution in [0.2, 0.25) is 0 Å². The van der Waals surface area contributed by atoms with Gasteiger partial charge in [0, 0.05) is 24.3 Å². The van der Waals surface area contributed by atoms with Crippen molar-refractivity contribution >= 4 is 29.7 Å². The van der Waals surface area contributed by atoms with Crippen LogP contribution < -0.4 is 19.9 Å². The number of benzene rings is 2. The normalized spacial score (nSPS) is 19.9. The fourth-order valence-electron chi connectivity index (χ4n) is 4.98. The van der Waals surface area contributed by atoms with Crippen molar-refractivity contribution in [2.24, 2.45) is 5.73 Å². The van der Waals surface area contributed by atoms with Crippen LogP contribution in [0, 0.1) is 0 Å². The number of hydrogen-bond acceptors (Lipinski definition) is 9. The van der Waals surface area contributed by atoms with Gasteiger partial charge >= 0.3 is 11.9 Å². The molecule has 0 radical (unpaired) electrons. The Morgan fingerprint density at radius 1 is 1.12 bits per heavy atom. The van der Waals surface area contributed by atoms with Gasteiger partial charge in [-0.2, -0.15) is 0 Å². The van der Waals surface area contributed by atoms with Crippen molar-refractivity contribution in [2.45, 2.75) is 63.9 Å². The number of allylic oxidation sites excluding steroid dienone is 1. The summed E-state index contributed by atoms with van der Waals surface area (Å²) in [6, 6.07) is 6.46. The van der Waals surface area contributed by atoms with E-state index in [1.54, 1.807) is 37.3 Å². The van der Waals surface area contributed by atoms with Crippen LogP contribution >= 0.6 is 0 Å². The van der Waals surface area contributed by atoms with E-state index in [0.717, 1.165) is 0 Å². The molecule has 4 rings (SSSR count). The minimum Gasteiger partial charge on any atom is -0.507 e. The molecule has 0 aliphatic carbocycles. The van der Waals surface area contributed by atoms with Gasteiger partial charge in [-0.1, -0.05) is 18.2 Å². The molecule has 0 fully saturated rings. The molecule has 2 atom stereocenters. The molecule has 2 aromatic carbocycles. The highest BCUT2D eigenvalue weighted by atomic mass is 16.5. The highest BCUT2D eigenvalue weighted by Crippen LogP contribution is 2.48. The van der Waals surface area contributed by atoms with Crippen LogP contribution in [0.3, 0.4) is 0 Å². The number of carbonyl (C=O) groups is 4. The molecule has 1 amide bonds. The van der Waals surface area contributed by atoms with E-state index in [1.165, 1.54) is 7.11 Å². The number of methoxy groups -OCH3 is 1. The van der Waals surface area contributed by atoms with Crippen LogP contribution in [0.15, 0.2) is 30.3 Å². The van der Waals surface area contributed by atoms with Crippen molar-refractivity contribution in [2.75, 3.05) is 13.7 Å². The maximum absolute atomic E-state index is 13.4. The van der Waals surface area contributed by atoms with E-state index in [1.807, 2.05) is 6.08 Å². The molecule has 40 heavy (non-hydrogen) atoms. The lowest BCUT2D eigenvalue weighted by atomic mass is 9.83. The van der Waals surface area contributed by atoms with Crippen molar-refractivity contribution in [3.8, 4) is 23.0 Å². The van der Waals surface area contributed by atoms with E-state index in [2.05, 4.69) is 0 Å². The van der Waals surface area contributed by atoms with Crippen molar-refractivity contribution in [1.29, 1.82) is 0 Å². The topological polar surface area (TPSA) is 151 Å². The zero-order valence-corrected chi connectivity index (χ0v) is 22.6. The van der Waals surface area contributed by atoms with Crippen LogP contribution in [0.5, 0.6) is 23.0 Å². The summed E-state index contributed by atoms with van der Waals surface area (Å²) in [6.07, 6.45) is 6.15. The zero-order valence-electron chi connectivity index (χ0n) is 22.6. The van der Waals surface area contributed by atoms with Crippen LogP contribution in [0.25, 0.3) is 6.08 Å². The Kier molecular flexibility index (Phi) is 9.08. The molecule has 2 aromatic rings. The lowest BCUT2D eigenvalue weighted by molar-refractivity contribution is -0.135. The summed E-state index contributed by atoms with van der Waals surface area (Å²) < 4.78 is 22.0. The third-order valence-corrected chi connectivity index (χ3v) is 6.94. The van der Waals surface area contributed by atoms with Gasteiger partial charge in [0.05, 0.1) is 19.6 Å². The fraction of sp³-hybridized carbons (Fsp3) is 0.400. The summed E-state index contributed by atoms with van der Waals surface area (Å²) in [6.45, 7) is 1.36. The van der Waals surface area contributed by atoms with Gasteiger partial charge in [0.1, 0.15) is 22.8 Å². The molecule has 0 aromatic heterocycles. The SMILES string of the molecule is COc1ccc([C@@H]2CC(=O)Oc3cc4c(c(O)c32)C(=O)O[C@@H](C)CCCC(=O)CCCC=C4)cc1OCC(N)=O. The smallest absolute Gasteiger partial charge is 0.342 e. The van der Waals surface area contributed by atoms with Crippen LogP contribution in [-0.4, -0.2) is 48.6 Å². The van der Waals surface area contributed by atoms with E-state index in [4.69, 9.17) is 24.7 Å². The number of phenols is 1. The Morgan fingerprint density at radius 2 is 1.90 bits per heavy atom. The van der Waals surface area contributed by atoms with Crippen LogP contribution in [0.4, 0.5) is 0 Å². The standard InChI is InChI=1S/C30H33NO9/c1-17-7-6-10-20(32)9-5-3-4-8-19-14-24-28(29(35)27(19)30(36)39-17)21(15-26(34)40-24)18-11-12-22(37-2)23(13-18)38-16-25(31)33/h4,8,11-14,17,21,35H,3,5-7,9-10,15-16H2,1-2H3,(H2,31,33)/t17-,21-/m0/s1. The van der Waals surface area contributed by atoms with E-state index in [0.29, 0.717) is 55.4 Å². The zero-order chi connectivity index (χ0) is 28.8. The summed E-state index contributed by atoms with van der Waals surface area (Å²) in [7, 11) is 1.44. The van der Waals surface area contributed by atoms with Crippen molar-refractivity contribution < 1.29 is 43.2 Å². The molecular formula is C30H33NO9. The molecule has 0 bridgehead atoms. The second kappa shape index (κ2) is 12.7. The molecular weight excluding hydrogens is 518 g/mol. The van der Waals surface area contributed by atoms with Gasteiger partial charge < -0.3 is 29.8 Å². The molecule has 2 aliphatic heterocycles. The highest BCUT2D eigenvalue weighted by molar-refractivity contribution is 5.98. The summed E-state index contributed by atoms with van der Waals surface area (Å²) in [4.78, 5) is 49.4. The number of ketones is 1. The van der Waals surface area contributed by atoms with Crippen LogP contribution in [0.1, 0.15) is 84.8 Å². The van der Waals surface area contributed by atoms with Gasteiger partial charge in [-0.05, 0) is 61.9 Å². The molecule has 212 valence electrons. The van der Waals surface area contributed by atoms with Crippen molar-refractivity contribution in [3.63, 3.8) is 0 Å². The second-order valence-corrected chi connectivity index (χ2v) is 9.94. The number of primary amides is 1. The number of cyclic esters (lactones) is 1. The number of fused-ring (bicyclic) bond motifs is 2. The number of hydrogen-bond donors (Lipinski definition) is 2. The van der Waals surface area contributed by atoms with Gasteiger partial charge in [0.25, 0.3) is 5.91 Å². The molecule has 2 aliphatic rings. The predicted molar refractivity (Wildman–Crippen MR) is 145 cm³/mol. The Bertz CT molecular complexity index is 1350. The monoisotopic (exact) mass is 551 g/mol. The number of amides is 1. The maximum atomic E-state index is 13.4. The third kappa shape index (κ3) is 6.62. The lowest BCUT2D eigenvalue weighted by Crippen LogP contribution is -2.23. The molecule has 0 spiro atoms. The summed E-state index contributed by atoms with van der Waals surface area (Å²) in [5, 5.41) is 11.6. The Morgan fingerprint density at radius 3 is 2.65 bits per heavy atom. The van der Waals surface area contributed by atoms with Crippen molar-refractivity contribution in [1.82, 2.24) is 0 Å². The highest BCUT2D eigenvalue weighted by Gasteiger charge is 2.36. The fourth-order valence-corrected chi connectivity index (χ4v) is 4.98. The number of carbonyl (C=O) groups excluding carboxylic acids is 4. The third-order valence-electron chi connectivity index (χ3n) is 6.94. The number of rotatable bonds is 5. The lowest BCUT2D eigenvalue weighted by Gasteiger charge is -2.28. The average Bonchev–Trinajstić information content (AvgIpc) is 2.90. The summed E-state index contributed by atoms with van der Waals surface area (Å²) in [5.74, 6) is -2.08. The Labute approximate surface area is 232 Å². The minimum atomic E-state index is -0.716. The molecule has 0 saturated heterocycles. The molecule has 10 nitrogen and oxygen atoms in total. The first kappa shape index (κ1) is 28.7. The molecule has 10 heteroatoms. The van der Waals surface area contributed by atoms with E-state index in [-0.39, 0.29) is 47.2 Å². The molecule has 0 saturated carbocycles. The minimum absolute atomic E-state index is 0.0309. The van der Waals surface area contributed by atoms with Gasteiger partial charge in [0.15, 0.2) is 18.1 Å². The predicted octanol–water partition coefficient (Wildman–Crippen LogP) is 4.19. The molecule has 0 unspecified atom stereocenters. The van der Waals surface area contributed by atoms with Crippen LogP contribution in [-0.2, 0) is 19.1 Å². The van der Waals surface area contributed by atoms with Crippen molar-refractivity contribution in [3.05, 3.63) is 52.6 Å². The first-order valence-electron chi connectivity index (χ1n) is 13.3. The number of nitrogens with two attached hydrogens (primary N) is 1. The van der Waals surface area contributed by atoms with Gasteiger partial charge in [-0.25, -0.2) is 4.79 Å². The Balaban J connectivity index is 1.80. The maximum Gasteiger partial charge on any atom is 0.342 e. The second-order valence-electron chi connectivity index (χ2n) is 9.94. The average molecular weight is 552 g/mol. The van der Waals surface area contributed by atoms with Gasteiger partial charge in [0.2, 0.25) is 0 Å². The first-order valence-corrected chi connectivity index (χ1v) is 13.3. The number of ether oxygens (including phenoxy) is 4. The number of phenolic OH excluding ortho intramolecular Hbond substituents is 1. The van der Waals surface area contributed by atoms with E-state index >= 15 is 0 Å². The number of aromatic hydroxyl groups is 1. The van der Waals surface area contributed by atoms with E-state index in [9.17, 15) is 24.3 Å². The van der Waals surface area contributed by atoms with Gasteiger partial charge in [-0.3, -0.25) is 14.4 Å². The summed E-state index contributed by atoms with van der Waals surface area (Å²) in [5.41, 5.74) is 6.36. The largest absolute Gasteiger partial charge is 0.507 e. The summed E-state index contributed by atoms with van der Waals surface area (Å²) >= 11 is 0. The molecule has 2 heterocycles.